The van der Waals surface area contributed by atoms with E-state index in [1.807, 2.05) is 17.0 Å². The van der Waals surface area contributed by atoms with E-state index in [0.717, 1.165) is 37.7 Å². The van der Waals surface area contributed by atoms with Crippen LogP contribution in [0, 0.1) is 5.92 Å². The van der Waals surface area contributed by atoms with Gasteiger partial charge in [0.2, 0.25) is 18.1 Å². The average Bonchev–Trinajstić information content (AvgIpc) is 3.23. The number of nitrogens with one attached hydrogen (secondary N) is 3. The number of carbonyl (C=O) groups excluding carboxylic acids is 4. The molecule has 5 rings (SSSR count). The summed E-state index contributed by atoms with van der Waals surface area (Å²) in [5, 5.41) is 48.4. The quantitative estimate of drug-likeness (QED) is 0.0720. The molecule has 2 aliphatic heterocycles. The Morgan fingerprint density at radius 1 is 0.966 bits per heavy atom. The topological polar surface area (TPSA) is 255 Å². The zero-order chi connectivity index (χ0) is 41.4. The molecule has 5 atom stereocenters. The van der Waals surface area contributed by atoms with Gasteiger partial charge in [-0.25, -0.2) is 4.79 Å². The minimum Gasteiger partial charge on any atom is -0.460 e. The molecular formula is C41H52N6O11. The number of hydrogen-bond donors (Lipinski definition) is 8. The lowest BCUT2D eigenvalue weighted by atomic mass is 9.91. The van der Waals surface area contributed by atoms with E-state index in [1.165, 1.54) is 18.2 Å². The fourth-order valence-corrected chi connectivity index (χ4v) is 6.62. The predicted octanol–water partition coefficient (Wildman–Crippen LogP) is 2.15. The molecule has 3 aromatic rings. The molecule has 4 amide bonds. The Morgan fingerprint density at radius 2 is 1.78 bits per heavy atom. The number of piperidine rings is 1. The number of benzene rings is 2. The molecule has 2 saturated heterocycles. The zero-order valence-electron chi connectivity index (χ0n) is 32.1. The highest BCUT2D eigenvalue weighted by Gasteiger charge is 2.45. The van der Waals surface area contributed by atoms with E-state index in [-0.39, 0.29) is 42.8 Å². The predicted molar refractivity (Wildman–Crippen MR) is 212 cm³/mol. The molecule has 2 fully saturated rings. The number of aliphatic hydroxyl groups excluding tert-OH is 4. The number of aromatic nitrogens is 1. The van der Waals surface area contributed by atoms with E-state index in [0.29, 0.717) is 42.4 Å². The summed E-state index contributed by atoms with van der Waals surface area (Å²) in [4.78, 5) is 56.5. The summed E-state index contributed by atoms with van der Waals surface area (Å²) < 4.78 is 16.6. The van der Waals surface area contributed by atoms with Crippen molar-refractivity contribution in [1.82, 2.24) is 15.2 Å². The maximum Gasteiger partial charge on any atom is 0.411 e. The molecule has 2 aromatic carbocycles. The molecule has 0 radical (unpaired) electrons. The Labute approximate surface area is 336 Å². The highest BCUT2D eigenvalue weighted by molar-refractivity contribution is 5.96. The Balaban J connectivity index is 1.06. The summed E-state index contributed by atoms with van der Waals surface area (Å²) in [6.07, 6.45) is 2.81. The second kappa shape index (κ2) is 21.9. The van der Waals surface area contributed by atoms with E-state index < -0.39 is 49.3 Å². The molecule has 0 bridgehead atoms. The van der Waals surface area contributed by atoms with Crippen LogP contribution in [0.3, 0.4) is 0 Å². The van der Waals surface area contributed by atoms with Crippen LogP contribution in [0.4, 0.5) is 16.2 Å². The first-order chi connectivity index (χ1) is 28.0. The van der Waals surface area contributed by atoms with Gasteiger partial charge in [-0.05, 0) is 78.8 Å². The van der Waals surface area contributed by atoms with Crippen molar-refractivity contribution in [2.24, 2.45) is 11.7 Å². The van der Waals surface area contributed by atoms with Gasteiger partial charge in [0.15, 0.2) is 0 Å². The minimum absolute atomic E-state index is 0.0145. The van der Waals surface area contributed by atoms with Crippen molar-refractivity contribution >= 4 is 41.3 Å². The molecule has 312 valence electrons. The molecular weight excluding hydrogens is 752 g/mol. The number of hydrogen-bond acceptors (Lipinski definition) is 13. The fourth-order valence-electron chi connectivity index (χ4n) is 6.62. The monoisotopic (exact) mass is 804 g/mol. The van der Waals surface area contributed by atoms with Crippen molar-refractivity contribution in [2.45, 2.75) is 75.8 Å². The maximum atomic E-state index is 13.4. The first-order valence-corrected chi connectivity index (χ1v) is 19.3. The molecule has 58 heavy (non-hydrogen) atoms. The Morgan fingerprint density at radius 3 is 2.52 bits per heavy atom. The molecule has 3 heterocycles. The first-order valence-electron chi connectivity index (χ1n) is 19.3. The third kappa shape index (κ3) is 12.8. The van der Waals surface area contributed by atoms with Gasteiger partial charge < -0.3 is 55.9 Å². The number of amides is 4. The van der Waals surface area contributed by atoms with Gasteiger partial charge in [-0.1, -0.05) is 31.0 Å². The van der Waals surface area contributed by atoms with Crippen molar-refractivity contribution in [3.63, 3.8) is 0 Å². The third-order valence-corrected chi connectivity index (χ3v) is 9.86. The normalized spacial score (nSPS) is 21.0. The number of aliphatic hydroxyl groups is 4. The summed E-state index contributed by atoms with van der Waals surface area (Å²) in [6, 6.07) is 14.7. The minimum atomic E-state index is -1.68. The van der Waals surface area contributed by atoms with Gasteiger partial charge in [0.1, 0.15) is 36.8 Å². The molecule has 9 N–H and O–H groups in total. The van der Waals surface area contributed by atoms with Crippen LogP contribution in [0.5, 0.6) is 5.75 Å². The Hall–Kier alpha value is -5.43. The smallest absolute Gasteiger partial charge is 0.411 e. The molecule has 2 aliphatic rings. The lowest BCUT2D eigenvalue weighted by molar-refractivity contribution is -0.277. The number of unbranched alkanes of at least 4 members (excludes halogenated alkanes) is 1. The van der Waals surface area contributed by atoms with Crippen LogP contribution in [0.25, 0.3) is 6.08 Å². The number of likely N-dealkylation sites (tertiary alicyclic amines) is 1. The average molecular weight is 805 g/mol. The molecule has 1 aromatic heterocycles. The van der Waals surface area contributed by atoms with E-state index in [1.54, 1.807) is 48.8 Å². The number of rotatable bonds is 17. The lowest BCUT2D eigenvalue weighted by Crippen LogP contribution is -2.60. The summed E-state index contributed by atoms with van der Waals surface area (Å²) in [5.41, 5.74) is 7.75. The van der Waals surface area contributed by atoms with Crippen LogP contribution in [0.15, 0.2) is 73.1 Å². The summed E-state index contributed by atoms with van der Waals surface area (Å²) in [6.45, 7) is 1.05. The Bertz CT molecular complexity index is 1850. The Kier molecular flexibility index (Phi) is 16.5. The standard InChI is InChI=1S/C41H52N6O11/c42-16-13-35(50)46-31-21-28(9-11-32(31)57-40-38(53)37(52)36(51)33(24-48)58-40)25-56-41(55)45-30-8-3-7-29(22-30)39(54)47-19-14-26(15-20-47)5-1-2-18-44-34(49)12-10-27-6-4-17-43-23-27/h3-4,6-12,17,21-23,26,33,36-38,40,48,51-53H,1-2,5,13-16,18-20,24-25,42H2,(H,44,49)(H,45,55)(H,46,50)/b12-10+/t33-,36-,37+,38+,40+/m1/s1. The van der Waals surface area contributed by atoms with Gasteiger partial charge in [0.25, 0.3) is 5.91 Å². The van der Waals surface area contributed by atoms with Gasteiger partial charge >= 0.3 is 6.09 Å². The number of ether oxygens (including phenoxy) is 3. The SMILES string of the molecule is NCCC(=O)Nc1cc(COC(=O)Nc2cccc(C(=O)N3CCC(CCCCNC(=O)/C=C/c4cccnc4)CC3)c2)ccc1O[C@H]1O[C@H](CO)[C@@H](O)[C@H](O)[C@@H]1O. The van der Waals surface area contributed by atoms with Crippen molar-refractivity contribution in [1.29, 1.82) is 0 Å². The van der Waals surface area contributed by atoms with Crippen LogP contribution < -0.4 is 26.4 Å². The summed E-state index contributed by atoms with van der Waals surface area (Å²) in [7, 11) is 0. The second-order valence-electron chi connectivity index (χ2n) is 14.2. The lowest BCUT2D eigenvalue weighted by Gasteiger charge is -2.39. The van der Waals surface area contributed by atoms with Gasteiger partial charge in [-0.2, -0.15) is 0 Å². The summed E-state index contributed by atoms with van der Waals surface area (Å²) in [5.74, 6) is -0.193. The molecule has 17 nitrogen and oxygen atoms in total. The highest BCUT2D eigenvalue weighted by Crippen LogP contribution is 2.31. The van der Waals surface area contributed by atoms with Crippen molar-refractivity contribution in [2.75, 3.05) is 43.4 Å². The van der Waals surface area contributed by atoms with E-state index in [9.17, 15) is 39.6 Å². The third-order valence-electron chi connectivity index (χ3n) is 9.86. The van der Waals surface area contributed by atoms with Crippen LogP contribution >= 0.6 is 0 Å². The van der Waals surface area contributed by atoms with Crippen LogP contribution in [0.1, 0.15) is 60.0 Å². The molecule has 17 heteroatoms. The van der Waals surface area contributed by atoms with Gasteiger partial charge in [-0.15, -0.1) is 0 Å². The van der Waals surface area contributed by atoms with Crippen molar-refractivity contribution in [3.8, 4) is 5.75 Å². The van der Waals surface area contributed by atoms with Crippen LogP contribution in [0.2, 0.25) is 0 Å². The summed E-state index contributed by atoms with van der Waals surface area (Å²) >= 11 is 0. The number of nitrogens with two attached hydrogens (primary N) is 1. The van der Waals surface area contributed by atoms with Crippen LogP contribution in [-0.4, -0.2) is 118 Å². The highest BCUT2D eigenvalue weighted by atomic mass is 16.7. The fraction of sp³-hybridized carbons (Fsp3) is 0.439. The van der Waals surface area contributed by atoms with Gasteiger partial charge in [0.05, 0.1) is 12.3 Å². The van der Waals surface area contributed by atoms with E-state index in [2.05, 4.69) is 20.9 Å². The van der Waals surface area contributed by atoms with E-state index >= 15 is 0 Å². The number of nitrogens with zero attached hydrogens (tertiary/aromatic N) is 2. The number of anilines is 2. The van der Waals surface area contributed by atoms with Crippen molar-refractivity contribution < 1.29 is 53.8 Å². The molecule has 0 saturated carbocycles. The molecule has 0 spiro atoms. The van der Waals surface area contributed by atoms with Crippen LogP contribution in [-0.2, 0) is 25.7 Å². The number of carbonyl (C=O) groups is 4. The first kappa shape index (κ1) is 43.7. The molecule has 0 aliphatic carbocycles. The second-order valence-corrected chi connectivity index (χ2v) is 14.2. The largest absolute Gasteiger partial charge is 0.460 e. The van der Waals surface area contributed by atoms with Crippen molar-refractivity contribution in [3.05, 3.63) is 89.8 Å². The van der Waals surface area contributed by atoms with Gasteiger partial charge in [-0.3, -0.25) is 24.7 Å². The van der Waals surface area contributed by atoms with Gasteiger partial charge in [0, 0.05) is 62.3 Å². The van der Waals surface area contributed by atoms with E-state index in [4.69, 9.17) is 19.9 Å². The molecule has 0 unspecified atom stereocenters. The zero-order valence-corrected chi connectivity index (χ0v) is 32.1. The maximum absolute atomic E-state index is 13.4. The number of pyridine rings is 1.